The van der Waals surface area contributed by atoms with E-state index in [-0.39, 0.29) is 17.4 Å². The van der Waals surface area contributed by atoms with Crippen LogP contribution in [0, 0.1) is 6.92 Å². The highest BCUT2D eigenvalue weighted by molar-refractivity contribution is 9.10. The molecule has 3 aromatic rings. The Morgan fingerprint density at radius 3 is 2.73 bits per heavy atom. The maximum atomic E-state index is 13.1. The first kappa shape index (κ1) is 18.0. The molecule has 0 spiro atoms. The van der Waals surface area contributed by atoms with Crippen LogP contribution >= 0.6 is 15.9 Å². The minimum atomic E-state index is -0.388. The van der Waals surface area contributed by atoms with Crippen molar-refractivity contribution in [2.24, 2.45) is 0 Å². The second kappa shape index (κ2) is 7.20. The number of hydrogen-bond donors (Lipinski definition) is 2. The Morgan fingerprint density at radius 1 is 1.35 bits per heavy atom. The van der Waals surface area contributed by atoms with E-state index in [4.69, 9.17) is 0 Å². The number of aryl methyl sites for hydroxylation is 1. The Bertz CT molecular complexity index is 991. The van der Waals surface area contributed by atoms with Crippen LogP contribution in [0.4, 0.5) is 0 Å². The zero-order valence-corrected chi connectivity index (χ0v) is 16.1. The molecule has 0 aliphatic carbocycles. The number of aromatic nitrogens is 5. The fourth-order valence-electron chi connectivity index (χ4n) is 2.65. The minimum absolute atomic E-state index is 0.179. The van der Waals surface area contributed by atoms with Crippen molar-refractivity contribution in [3.8, 4) is 11.5 Å². The number of nitrogens with zero attached hydrogens (tertiary/aromatic N) is 4. The van der Waals surface area contributed by atoms with Gasteiger partial charge in [-0.25, -0.2) is 0 Å². The lowest BCUT2D eigenvalue weighted by atomic mass is 9.99. The van der Waals surface area contributed by atoms with Crippen LogP contribution in [0.5, 0.6) is 0 Å². The smallest absolute Gasteiger partial charge is 0.268 e. The summed E-state index contributed by atoms with van der Waals surface area (Å²) in [4.78, 5) is 29.8. The summed E-state index contributed by atoms with van der Waals surface area (Å²) in [7, 11) is 1.51. The monoisotopic (exact) mass is 416 g/mol. The fourth-order valence-corrected chi connectivity index (χ4v) is 3.05. The van der Waals surface area contributed by atoms with Crippen LogP contribution in [0.3, 0.4) is 0 Å². The molecular weight excluding hydrogens is 400 g/mol. The molecule has 0 bridgehead atoms. The average molecular weight is 417 g/mol. The van der Waals surface area contributed by atoms with Gasteiger partial charge in [0.1, 0.15) is 5.69 Å². The van der Waals surface area contributed by atoms with E-state index in [2.05, 4.69) is 41.6 Å². The van der Waals surface area contributed by atoms with Crippen LogP contribution in [-0.2, 0) is 6.54 Å². The maximum absolute atomic E-state index is 13.1. The number of nitrogens with one attached hydrogen (secondary N) is 2. The van der Waals surface area contributed by atoms with E-state index in [0.717, 1.165) is 4.47 Å². The van der Waals surface area contributed by atoms with Crippen molar-refractivity contribution in [3.63, 3.8) is 0 Å². The first-order chi connectivity index (χ1) is 12.5. The number of carbonyl (C=O) groups is 2. The summed E-state index contributed by atoms with van der Waals surface area (Å²) in [5, 5.41) is 14.8. The normalized spacial score (nSPS) is 10.8. The molecule has 0 atom stereocenters. The summed E-state index contributed by atoms with van der Waals surface area (Å²) in [6.07, 6.45) is 0. The standard InChI is InChI=1S/C17H17BrN6O2/c1-4-24-22-16(21-23-24)13-9(2)12(14(20-13)17(26)19-3)15(25)10-6-5-7-11(18)8-10/h5-8,20H,4H2,1-3H3,(H,19,26). The van der Waals surface area contributed by atoms with Crippen molar-refractivity contribution >= 4 is 27.6 Å². The lowest BCUT2D eigenvalue weighted by Gasteiger charge is -2.05. The van der Waals surface area contributed by atoms with Crippen LogP contribution in [0.15, 0.2) is 28.7 Å². The van der Waals surface area contributed by atoms with E-state index < -0.39 is 0 Å². The highest BCUT2D eigenvalue weighted by Crippen LogP contribution is 2.28. The van der Waals surface area contributed by atoms with Gasteiger partial charge >= 0.3 is 0 Å². The maximum Gasteiger partial charge on any atom is 0.268 e. The van der Waals surface area contributed by atoms with Crippen molar-refractivity contribution in [3.05, 3.63) is 51.1 Å². The second-order valence-electron chi connectivity index (χ2n) is 5.60. The zero-order valence-electron chi connectivity index (χ0n) is 14.5. The molecule has 0 unspecified atom stereocenters. The van der Waals surface area contributed by atoms with E-state index in [0.29, 0.717) is 34.8 Å². The highest BCUT2D eigenvalue weighted by atomic mass is 79.9. The number of halogens is 1. The molecule has 2 aromatic heterocycles. The lowest BCUT2D eigenvalue weighted by Crippen LogP contribution is -2.21. The van der Waals surface area contributed by atoms with Gasteiger partial charge in [-0.2, -0.15) is 4.80 Å². The molecule has 1 amide bonds. The number of ketones is 1. The molecule has 0 aliphatic rings. The molecule has 0 saturated carbocycles. The molecule has 8 nitrogen and oxygen atoms in total. The molecule has 134 valence electrons. The zero-order chi connectivity index (χ0) is 18.8. The van der Waals surface area contributed by atoms with Crippen molar-refractivity contribution < 1.29 is 9.59 Å². The Kier molecular flexibility index (Phi) is 4.99. The molecule has 9 heteroatoms. The summed E-state index contributed by atoms with van der Waals surface area (Å²) < 4.78 is 0.783. The van der Waals surface area contributed by atoms with Gasteiger partial charge in [-0.15, -0.1) is 10.2 Å². The molecule has 0 fully saturated rings. The van der Waals surface area contributed by atoms with Crippen molar-refractivity contribution in [2.75, 3.05) is 7.05 Å². The molecule has 0 aliphatic heterocycles. The average Bonchev–Trinajstić information content (AvgIpc) is 3.24. The number of aromatic amines is 1. The molecular formula is C17H17BrN6O2. The minimum Gasteiger partial charge on any atom is -0.354 e. The van der Waals surface area contributed by atoms with Gasteiger partial charge in [0.15, 0.2) is 5.78 Å². The number of hydrogen-bond acceptors (Lipinski definition) is 5. The van der Waals surface area contributed by atoms with Gasteiger partial charge in [-0.3, -0.25) is 9.59 Å². The van der Waals surface area contributed by atoms with Gasteiger partial charge in [0.2, 0.25) is 5.82 Å². The molecule has 3 rings (SSSR count). The molecule has 26 heavy (non-hydrogen) atoms. The Balaban J connectivity index is 2.16. The highest BCUT2D eigenvalue weighted by Gasteiger charge is 2.27. The molecule has 2 heterocycles. The summed E-state index contributed by atoms with van der Waals surface area (Å²) >= 11 is 3.36. The van der Waals surface area contributed by atoms with Gasteiger partial charge in [0, 0.05) is 17.1 Å². The van der Waals surface area contributed by atoms with Crippen molar-refractivity contribution in [1.29, 1.82) is 0 Å². The fraction of sp³-hybridized carbons (Fsp3) is 0.235. The third kappa shape index (κ3) is 3.17. The summed E-state index contributed by atoms with van der Waals surface area (Å²) in [5.41, 5.74) is 2.05. The third-order valence-electron chi connectivity index (χ3n) is 3.98. The quantitative estimate of drug-likeness (QED) is 0.620. The number of amides is 1. The van der Waals surface area contributed by atoms with Gasteiger partial charge in [-0.1, -0.05) is 28.1 Å². The van der Waals surface area contributed by atoms with E-state index in [1.807, 2.05) is 13.0 Å². The summed E-state index contributed by atoms with van der Waals surface area (Å²) in [5.74, 6) is -0.309. The molecule has 2 N–H and O–H groups in total. The van der Waals surface area contributed by atoms with Crippen molar-refractivity contribution in [2.45, 2.75) is 20.4 Å². The molecule has 0 radical (unpaired) electrons. The van der Waals surface area contributed by atoms with Crippen molar-refractivity contribution in [1.82, 2.24) is 30.5 Å². The van der Waals surface area contributed by atoms with Crippen LogP contribution in [0.1, 0.15) is 38.9 Å². The van der Waals surface area contributed by atoms with Gasteiger partial charge in [-0.05, 0) is 36.8 Å². The van der Waals surface area contributed by atoms with Gasteiger partial charge in [0.25, 0.3) is 5.91 Å². The van der Waals surface area contributed by atoms with E-state index >= 15 is 0 Å². The number of rotatable bonds is 5. The number of tetrazole rings is 1. The van der Waals surface area contributed by atoms with E-state index in [1.54, 1.807) is 25.1 Å². The van der Waals surface area contributed by atoms with Crippen LogP contribution in [-0.4, -0.2) is 43.9 Å². The number of benzene rings is 1. The van der Waals surface area contributed by atoms with Gasteiger partial charge < -0.3 is 10.3 Å². The topological polar surface area (TPSA) is 106 Å². The number of H-pyrrole nitrogens is 1. The summed E-state index contributed by atoms with van der Waals surface area (Å²) in [6, 6.07) is 7.03. The predicted octanol–water partition coefficient (Wildman–Crippen LogP) is 2.35. The van der Waals surface area contributed by atoms with Crippen LogP contribution in [0.2, 0.25) is 0 Å². The Hall–Kier alpha value is -2.81. The molecule has 0 saturated heterocycles. The second-order valence-corrected chi connectivity index (χ2v) is 6.51. The van der Waals surface area contributed by atoms with Crippen LogP contribution in [0.25, 0.3) is 11.5 Å². The van der Waals surface area contributed by atoms with E-state index in [9.17, 15) is 9.59 Å². The van der Waals surface area contributed by atoms with E-state index in [1.165, 1.54) is 11.8 Å². The van der Waals surface area contributed by atoms with Gasteiger partial charge in [0.05, 0.1) is 17.8 Å². The molecule has 1 aromatic carbocycles. The summed E-state index contributed by atoms with van der Waals surface area (Å²) in [6.45, 7) is 4.22. The number of carbonyl (C=O) groups excluding carboxylic acids is 2. The third-order valence-corrected chi connectivity index (χ3v) is 4.47. The Morgan fingerprint density at radius 2 is 2.12 bits per heavy atom. The lowest BCUT2D eigenvalue weighted by molar-refractivity contribution is 0.0946. The predicted molar refractivity (Wildman–Crippen MR) is 99.0 cm³/mol. The first-order valence-corrected chi connectivity index (χ1v) is 8.78. The van der Waals surface area contributed by atoms with Crippen LogP contribution < -0.4 is 5.32 Å². The first-order valence-electron chi connectivity index (χ1n) is 7.99. The Labute approximate surface area is 158 Å². The SMILES string of the molecule is CCn1nnc(-c2[nH]c(C(=O)NC)c(C(=O)c3cccc(Br)c3)c2C)n1. The largest absolute Gasteiger partial charge is 0.354 e.